The number of hydrogen-bond donors (Lipinski definition) is 0. The Labute approximate surface area is 437 Å². The molecular weight excluding hydrogens is 1000 g/mol. The fourth-order valence-electron chi connectivity index (χ4n) is 9.33. The van der Waals surface area contributed by atoms with Crippen LogP contribution in [0.2, 0.25) is 0 Å². The van der Waals surface area contributed by atoms with Gasteiger partial charge >= 0.3 is 5.91 Å². The average molecular weight is 1040 g/mol. The molecule has 4 radical (unpaired) electrons. The molecular formula is C49H40N4Y4-2. The number of allylic oxidation sites excluding steroid dienone is 4. The summed E-state index contributed by atoms with van der Waals surface area (Å²) in [5.41, 5.74) is 17.1. The standard InChI is InChI=1S/C45H28N4.4CH3.4Y/c1-5-13-29(14-6-1)41-33-21-23-35-42(30-15-7-2-8-16-30)37-25-27-39-44(32-19-11-4-12-20-32)40-28-26-38-43(31-17-9-3-10-18-31)36-24-22-34(41)47(36)45(46(33)35,48(37)39)49(38)40;;;;;;;;/h1-28H;4*1H3;;;;/q+2;4*-1;;;;. The van der Waals surface area contributed by atoms with E-state index in [9.17, 15) is 0 Å². The van der Waals surface area contributed by atoms with Gasteiger partial charge in [-0.15, -0.1) is 0 Å². The van der Waals surface area contributed by atoms with Gasteiger partial charge in [-0.1, -0.05) is 130 Å². The third-order valence-corrected chi connectivity index (χ3v) is 11.0. The van der Waals surface area contributed by atoms with Gasteiger partial charge in [-0.25, -0.2) is 0 Å². The van der Waals surface area contributed by atoms with Crippen LogP contribution < -0.4 is 10.7 Å². The van der Waals surface area contributed by atoms with Crippen LogP contribution in [0.4, 0.5) is 0 Å². The molecule has 0 amide bonds. The molecule has 6 aromatic rings. The van der Waals surface area contributed by atoms with Crippen molar-refractivity contribution >= 4 is 33.7 Å². The minimum Gasteiger partial charge on any atom is -0.358 e. The van der Waals surface area contributed by atoms with Gasteiger partial charge in [-0.2, -0.15) is 9.13 Å². The Morgan fingerprint density at radius 1 is 0.333 bits per heavy atom. The summed E-state index contributed by atoms with van der Waals surface area (Å²) in [5, 5.41) is 2.43. The molecule has 12 rings (SSSR count). The summed E-state index contributed by atoms with van der Waals surface area (Å²) in [4.78, 5) is 0. The summed E-state index contributed by atoms with van der Waals surface area (Å²) in [7, 11) is 0. The van der Waals surface area contributed by atoms with E-state index >= 15 is 0 Å². The van der Waals surface area contributed by atoms with Gasteiger partial charge in [-0.3, -0.25) is 0 Å². The number of benzene rings is 4. The zero-order valence-electron chi connectivity index (χ0n) is 32.8. The largest absolute Gasteiger partial charge is 0.553 e. The third kappa shape index (κ3) is 6.13. The molecule has 4 nitrogen and oxygen atoms in total. The SMILES string of the molecule is C1=CC2=[N+]3C1=C(c1ccccc1)c1ccc4n1C31n3c(ccc3=C(c3ccccc3)C3=[N+]1C(=C4c1ccccc1)C=C3)=C2c1ccccc1.[CH3-].[CH3-].[CH3-].[CH3-].[Y].[Y].[Y].[Y]. The van der Waals surface area contributed by atoms with Crippen LogP contribution in [-0.2, 0) is 137 Å². The number of rotatable bonds is 4. The molecule has 0 aliphatic carbocycles. The molecule has 2 aromatic heterocycles. The van der Waals surface area contributed by atoms with Crippen molar-refractivity contribution in [1.82, 2.24) is 9.13 Å². The van der Waals surface area contributed by atoms with Crippen molar-refractivity contribution < 1.29 is 140 Å². The molecule has 4 aromatic carbocycles. The summed E-state index contributed by atoms with van der Waals surface area (Å²) in [6.07, 6.45) is 9.42. The molecule has 0 fully saturated rings. The average Bonchev–Trinajstić information content (AvgIpc) is 3.99. The van der Waals surface area contributed by atoms with E-state index < -0.39 is 5.91 Å². The number of hydrogen-bond acceptors (Lipinski definition) is 0. The molecule has 6 aliphatic rings. The molecule has 8 heterocycles. The zero-order chi connectivity index (χ0) is 31.8. The Morgan fingerprint density at radius 2 is 0.649 bits per heavy atom. The predicted molar refractivity (Wildman–Crippen MR) is 219 cm³/mol. The topological polar surface area (TPSA) is 15.9 Å². The molecule has 0 unspecified atom stereocenters. The molecule has 0 N–H and O–H groups in total. The molecule has 1 spiro atoms. The first-order chi connectivity index (χ1) is 24.4. The van der Waals surface area contributed by atoms with Crippen molar-refractivity contribution in [1.29, 1.82) is 0 Å². The third-order valence-electron chi connectivity index (χ3n) is 11.0. The molecule has 6 aliphatic heterocycles. The van der Waals surface area contributed by atoms with Gasteiger partial charge in [0.15, 0.2) is 0 Å². The maximum atomic E-state index is 2.64. The normalized spacial score (nSPS) is 15.6. The van der Waals surface area contributed by atoms with Crippen molar-refractivity contribution in [2.75, 3.05) is 0 Å². The van der Waals surface area contributed by atoms with Gasteiger partial charge in [0.25, 0.3) is 0 Å². The Morgan fingerprint density at radius 3 is 0.982 bits per heavy atom. The second kappa shape index (κ2) is 17.9. The van der Waals surface area contributed by atoms with E-state index in [1.807, 2.05) is 0 Å². The quantitative estimate of drug-likeness (QED) is 0.125. The Balaban J connectivity index is 0.000000900. The van der Waals surface area contributed by atoms with Gasteiger partial charge in [-0.05, 0) is 46.5 Å². The molecule has 0 atom stereocenters. The van der Waals surface area contributed by atoms with Crippen LogP contribution >= 0.6 is 0 Å². The Kier molecular flexibility index (Phi) is 14.9. The molecule has 57 heavy (non-hydrogen) atoms. The minimum atomic E-state index is -0.752. The van der Waals surface area contributed by atoms with Crippen LogP contribution in [-0.4, -0.2) is 29.7 Å². The van der Waals surface area contributed by atoms with Gasteiger partial charge in [0.05, 0.1) is 44.4 Å². The van der Waals surface area contributed by atoms with E-state index in [2.05, 4.69) is 188 Å². The minimum absolute atomic E-state index is 0. The molecule has 270 valence electrons. The van der Waals surface area contributed by atoms with Crippen LogP contribution in [0, 0.1) is 29.7 Å². The molecule has 8 heteroatoms. The van der Waals surface area contributed by atoms with Gasteiger partial charge in [0, 0.05) is 155 Å². The van der Waals surface area contributed by atoms with E-state index in [0.717, 1.165) is 0 Å². The monoisotopic (exact) mass is 1040 g/mol. The fourth-order valence-corrected chi connectivity index (χ4v) is 9.33. The first kappa shape index (κ1) is 47.6. The van der Waals surface area contributed by atoms with Crippen LogP contribution in [0.5, 0.6) is 0 Å². The van der Waals surface area contributed by atoms with Gasteiger partial charge < -0.3 is 29.7 Å². The van der Waals surface area contributed by atoms with Crippen LogP contribution in [0.25, 0.3) is 22.3 Å². The maximum absolute atomic E-state index is 2.64. The van der Waals surface area contributed by atoms with Gasteiger partial charge in [0.1, 0.15) is 0 Å². The summed E-state index contributed by atoms with van der Waals surface area (Å²) < 4.78 is 10.6. The van der Waals surface area contributed by atoms with Crippen molar-refractivity contribution in [3.8, 4) is 0 Å². The first-order valence-corrected chi connectivity index (χ1v) is 17.0. The molecule has 0 saturated carbocycles. The number of nitrogens with zero attached hydrogens (tertiary/aromatic N) is 4. The Bertz CT molecular complexity index is 2650. The van der Waals surface area contributed by atoms with E-state index in [0.29, 0.717) is 0 Å². The van der Waals surface area contributed by atoms with Crippen molar-refractivity contribution in [3.63, 3.8) is 0 Å². The summed E-state index contributed by atoms with van der Waals surface area (Å²) >= 11 is 0. The summed E-state index contributed by atoms with van der Waals surface area (Å²) in [5.74, 6) is -0.752. The van der Waals surface area contributed by atoms with E-state index in [1.165, 1.54) is 89.4 Å². The van der Waals surface area contributed by atoms with E-state index in [1.54, 1.807) is 0 Å². The van der Waals surface area contributed by atoms with E-state index in [4.69, 9.17) is 0 Å². The second-order valence-corrected chi connectivity index (χ2v) is 13.3. The van der Waals surface area contributed by atoms with Crippen molar-refractivity contribution in [2.24, 2.45) is 0 Å². The number of aromatic nitrogens is 2. The van der Waals surface area contributed by atoms with Crippen molar-refractivity contribution in [3.05, 3.63) is 255 Å². The van der Waals surface area contributed by atoms with Crippen LogP contribution in [0.15, 0.2) is 181 Å². The smallest absolute Gasteiger partial charge is 0.358 e. The van der Waals surface area contributed by atoms with Crippen molar-refractivity contribution in [2.45, 2.75) is 5.91 Å². The second-order valence-electron chi connectivity index (χ2n) is 13.3. The summed E-state index contributed by atoms with van der Waals surface area (Å²) in [6, 6.07) is 53.1. The first-order valence-electron chi connectivity index (χ1n) is 17.0. The predicted octanol–water partition coefficient (Wildman–Crippen LogP) is 8.21. The molecule has 0 saturated heterocycles. The zero-order valence-corrected chi connectivity index (χ0v) is 44.1. The van der Waals surface area contributed by atoms with E-state index in [-0.39, 0.29) is 161 Å². The van der Waals surface area contributed by atoms with Gasteiger partial charge in [0.2, 0.25) is 22.8 Å². The molecule has 0 bridgehead atoms. The maximum Gasteiger partial charge on any atom is 0.553 e. The summed E-state index contributed by atoms with van der Waals surface area (Å²) in [6.45, 7) is 0. The van der Waals surface area contributed by atoms with Crippen LogP contribution in [0.3, 0.4) is 0 Å². The fraction of sp³-hybridized carbons (Fsp3) is 0.0204. The Hall–Kier alpha value is -2.10. The van der Waals surface area contributed by atoms with Crippen LogP contribution in [0.1, 0.15) is 33.6 Å².